The van der Waals surface area contributed by atoms with Crippen molar-refractivity contribution in [2.24, 2.45) is 5.11 Å². The Morgan fingerprint density at radius 1 is 0.963 bits per heavy atom. The van der Waals surface area contributed by atoms with Crippen molar-refractivity contribution in [1.29, 1.82) is 0 Å². The Labute approximate surface area is 159 Å². The molecule has 0 unspecified atom stereocenters. The van der Waals surface area contributed by atoms with Crippen molar-refractivity contribution in [1.82, 2.24) is 15.5 Å². The van der Waals surface area contributed by atoms with E-state index in [0.29, 0.717) is 45.7 Å². The van der Waals surface area contributed by atoms with Gasteiger partial charge in [0.1, 0.15) is 13.1 Å². The smallest absolute Gasteiger partial charge is 0.239 e. The molecule has 2 N–H and O–H groups in total. The van der Waals surface area contributed by atoms with E-state index in [1.165, 1.54) is 19.1 Å². The fourth-order valence-corrected chi connectivity index (χ4v) is 2.11. The lowest BCUT2D eigenvalue weighted by molar-refractivity contribution is -0.139. The molecular weight excluding hydrogens is 356 g/mol. The van der Waals surface area contributed by atoms with Gasteiger partial charge in [-0.1, -0.05) is 11.5 Å². The molecule has 27 heavy (non-hydrogen) atoms. The number of carbonyl (C=O) groups excluding carboxylic acids is 3. The van der Waals surface area contributed by atoms with E-state index in [1.54, 1.807) is 0 Å². The molecule has 11 heteroatoms. The minimum absolute atomic E-state index is 0.195. The first-order valence-corrected chi connectivity index (χ1v) is 8.85. The quantitative estimate of drug-likeness (QED) is 0.168. The first-order chi connectivity index (χ1) is 13.0. The van der Waals surface area contributed by atoms with Gasteiger partial charge in [0.2, 0.25) is 17.7 Å². The summed E-state index contributed by atoms with van der Waals surface area (Å²) in [5, 5.41) is 8.69. The predicted molar refractivity (Wildman–Crippen MR) is 98.8 cm³/mol. The SMILES string of the molecule is COCCNC(=O)CN(CC(=O)NCCOC)C(=O)CCCCCN=[N+]=[N-]. The van der Waals surface area contributed by atoms with Crippen molar-refractivity contribution in [3.63, 3.8) is 0 Å². The number of hydrogen-bond donors (Lipinski definition) is 2. The highest BCUT2D eigenvalue weighted by atomic mass is 16.5. The van der Waals surface area contributed by atoms with Crippen molar-refractivity contribution in [3.05, 3.63) is 10.4 Å². The summed E-state index contributed by atoms with van der Waals surface area (Å²) in [6, 6.07) is 0. The lowest BCUT2D eigenvalue weighted by Crippen LogP contribution is -2.46. The first-order valence-electron chi connectivity index (χ1n) is 8.85. The summed E-state index contributed by atoms with van der Waals surface area (Å²) in [7, 11) is 3.04. The fourth-order valence-electron chi connectivity index (χ4n) is 2.11. The van der Waals surface area contributed by atoms with Gasteiger partial charge in [-0.3, -0.25) is 14.4 Å². The van der Waals surface area contributed by atoms with Gasteiger partial charge in [0.15, 0.2) is 0 Å². The second-order valence-corrected chi connectivity index (χ2v) is 5.70. The van der Waals surface area contributed by atoms with Crippen LogP contribution in [0.2, 0.25) is 0 Å². The average molecular weight is 386 g/mol. The van der Waals surface area contributed by atoms with Crippen LogP contribution in [0.5, 0.6) is 0 Å². The van der Waals surface area contributed by atoms with Gasteiger partial charge in [-0.25, -0.2) is 0 Å². The number of carbonyl (C=O) groups is 3. The molecule has 0 aromatic rings. The molecule has 0 radical (unpaired) electrons. The van der Waals surface area contributed by atoms with E-state index in [9.17, 15) is 14.4 Å². The molecule has 0 saturated heterocycles. The predicted octanol–water partition coefficient (Wildman–Crippen LogP) is 0.211. The molecule has 0 aliphatic rings. The number of ether oxygens (including phenoxy) is 2. The second-order valence-electron chi connectivity index (χ2n) is 5.70. The van der Waals surface area contributed by atoms with Crippen molar-refractivity contribution in [3.8, 4) is 0 Å². The molecule has 3 amide bonds. The van der Waals surface area contributed by atoms with Gasteiger partial charge in [0, 0.05) is 45.2 Å². The van der Waals surface area contributed by atoms with Gasteiger partial charge in [-0.15, -0.1) is 0 Å². The van der Waals surface area contributed by atoms with Crippen LogP contribution in [0, 0.1) is 0 Å². The van der Waals surface area contributed by atoms with E-state index < -0.39 is 0 Å². The Morgan fingerprint density at radius 3 is 2.00 bits per heavy atom. The highest BCUT2D eigenvalue weighted by Crippen LogP contribution is 2.04. The van der Waals surface area contributed by atoms with Crippen LogP contribution in [0.15, 0.2) is 5.11 Å². The van der Waals surface area contributed by atoms with Crippen LogP contribution < -0.4 is 10.6 Å². The highest BCUT2D eigenvalue weighted by molar-refractivity contribution is 5.89. The summed E-state index contributed by atoms with van der Waals surface area (Å²) in [5.41, 5.74) is 8.21. The number of nitrogens with one attached hydrogen (secondary N) is 2. The van der Waals surface area contributed by atoms with Crippen LogP contribution in [0.4, 0.5) is 0 Å². The molecule has 0 aromatic heterocycles. The lowest BCUT2D eigenvalue weighted by atomic mass is 10.2. The van der Waals surface area contributed by atoms with E-state index in [4.69, 9.17) is 15.0 Å². The van der Waals surface area contributed by atoms with Crippen LogP contribution in [-0.2, 0) is 23.9 Å². The average Bonchev–Trinajstić information content (AvgIpc) is 2.64. The highest BCUT2D eigenvalue weighted by Gasteiger charge is 2.19. The molecule has 0 atom stereocenters. The number of unbranched alkanes of at least 4 members (excludes halogenated alkanes) is 2. The van der Waals surface area contributed by atoms with Gasteiger partial charge in [-0.2, -0.15) is 0 Å². The third-order valence-corrected chi connectivity index (χ3v) is 3.49. The summed E-state index contributed by atoms with van der Waals surface area (Å²) in [6.07, 6.45) is 2.21. The second kappa shape index (κ2) is 17.1. The standard InChI is InChI=1S/C16H30N6O5/c1-26-10-8-18-14(23)12-22(13-15(24)19-9-11-27-2)16(25)6-4-3-5-7-20-21-17/h3-13H2,1-2H3,(H,18,23)(H,19,24). The molecule has 154 valence electrons. The zero-order valence-corrected chi connectivity index (χ0v) is 16.1. The zero-order chi connectivity index (χ0) is 20.3. The van der Waals surface area contributed by atoms with Gasteiger partial charge < -0.3 is 25.0 Å². The molecule has 0 saturated carbocycles. The maximum absolute atomic E-state index is 12.4. The van der Waals surface area contributed by atoms with Crippen molar-refractivity contribution < 1.29 is 23.9 Å². The van der Waals surface area contributed by atoms with Crippen LogP contribution in [0.25, 0.3) is 10.4 Å². The Kier molecular flexibility index (Phi) is 15.6. The first kappa shape index (κ1) is 24.6. The minimum Gasteiger partial charge on any atom is -0.383 e. The van der Waals surface area contributed by atoms with E-state index in [2.05, 4.69) is 20.7 Å². The van der Waals surface area contributed by atoms with Crippen molar-refractivity contribution >= 4 is 17.7 Å². The van der Waals surface area contributed by atoms with Gasteiger partial charge in [-0.05, 0) is 18.4 Å². The Balaban J connectivity index is 4.50. The molecule has 0 fully saturated rings. The summed E-state index contributed by atoms with van der Waals surface area (Å²) < 4.78 is 9.71. The Morgan fingerprint density at radius 2 is 1.52 bits per heavy atom. The third kappa shape index (κ3) is 14.5. The van der Waals surface area contributed by atoms with E-state index in [1.807, 2.05) is 0 Å². The van der Waals surface area contributed by atoms with Crippen molar-refractivity contribution in [2.45, 2.75) is 25.7 Å². The molecular formula is C16H30N6O5. The summed E-state index contributed by atoms with van der Waals surface area (Å²) in [4.78, 5) is 40.2. The molecule has 0 bridgehead atoms. The maximum Gasteiger partial charge on any atom is 0.239 e. The zero-order valence-electron chi connectivity index (χ0n) is 16.1. The summed E-state index contributed by atoms with van der Waals surface area (Å²) >= 11 is 0. The Bertz CT molecular complexity index is 472. The molecule has 0 rings (SSSR count). The fraction of sp³-hybridized carbons (Fsp3) is 0.812. The van der Waals surface area contributed by atoms with E-state index in [0.717, 1.165) is 6.42 Å². The number of methoxy groups -OCH3 is 2. The molecule has 11 nitrogen and oxygen atoms in total. The Hall–Kier alpha value is -2.36. The van der Waals surface area contributed by atoms with E-state index >= 15 is 0 Å². The van der Waals surface area contributed by atoms with Crippen LogP contribution >= 0.6 is 0 Å². The van der Waals surface area contributed by atoms with Crippen LogP contribution in [0.3, 0.4) is 0 Å². The summed E-state index contributed by atoms with van der Waals surface area (Å²) in [6.45, 7) is 1.38. The largest absolute Gasteiger partial charge is 0.383 e. The monoisotopic (exact) mass is 386 g/mol. The molecule has 0 aliphatic carbocycles. The number of azide groups is 1. The van der Waals surface area contributed by atoms with Crippen molar-refractivity contribution in [2.75, 3.05) is 60.2 Å². The molecule has 0 aromatic carbocycles. The number of amides is 3. The van der Waals surface area contributed by atoms with Crippen LogP contribution in [-0.4, -0.2) is 82.8 Å². The number of nitrogens with zero attached hydrogens (tertiary/aromatic N) is 4. The van der Waals surface area contributed by atoms with Crippen LogP contribution in [0.1, 0.15) is 25.7 Å². The summed E-state index contributed by atoms with van der Waals surface area (Å²) in [5.74, 6) is -0.982. The normalized spacial score (nSPS) is 10.0. The number of rotatable bonds is 16. The third-order valence-electron chi connectivity index (χ3n) is 3.49. The molecule has 0 aliphatic heterocycles. The topological polar surface area (TPSA) is 146 Å². The van der Waals surface area contributed by atoms with Gasteiger partial charge in [0.25, 0.3) is 0 Å². The minimum atomic E-state index is -0.353. The van der Waals surface area contributed by atoms with Gasteiger partial charge in [0.05, 0.1) is 13.2 Å². The lowest BCUT2D eigenvalue weighted by Gasteiger charge is -2.22. The van der Waals surface area contributed by atoms with Gasteiger partial charge >= 0.3 is 0 Å². The maximum atomic E-state index is 12.4. The van der Waals surface area contributed by atoms with E-state index in [-0.39, 0.29) is 37.2 Å². The number of hydrogen-bond acceptors (Lipinski definition) is 6. The molecule has 0 heterocycles. The molecule has 0 spiro atoms.